The van der Waals surface area contributed by atoms with Crippen molar-refractivity contribution in [2.45, 2.75) is 117 Å². The monoisotopic (exact) mass is 406 g/mol. The molecular formula is C25H42O4. The Hall–Kier alpha value is -1.58. The number of carbonyl (C=O) groups excluding carboxylic acids is 1. The molecule has 0 amide bonds. The van der Waals surface area contributed by atoms with Crippen molar-refractivity contribution in [1.29, 1.82) is 0 Å². The summed E-state index contributed by atoms with van der Waals surface area (Å²) in [7, 11) is 1.55. The van der Waals surface area contributed by atoms with E-state index >= 15 is 0 Å². The Morgan fingerprint density at radius 2 is 1.45 bits per heavy atom. The van der Waals surface area contributed by atoms with Crippen LogP contribution in [-0.2, 0) is 17.6 Å². The average molecular weight is 407 g/mol. The standard InChI is InChI=1S/C25H42O4/c1-6-10-14-18-22(26)19(15-11-7-2)24-20(16-12-8-3)23(27)21(17-13-9-4)25(28-5)29-24/h19H,6-18H2,1-5H3. The molecule has 0 spiro atoms. The van der Waals surface area contributed by atoms with E-state index < -0.39 is 0 Å². The largest absolute Gasteiger partial charge is 0.468 e. The predicted molar refractivity (Wildman–Crippen MR) is 120 cm³/mol. The van der Waals surface area contributed by atoms with Gasteiger partial charge in [0.25, 0.3) is 5.95 Å². The summed E-state index contributed by atoms with van der Waals surface area (Å²) in [4.78, 5) is 26.5. The lowest BCUT2D eigenvalue weighted by Gasteiger charge is -2.20. The van der Waals surface area contributed by atoms with Crippen molar-refractivity contribution in [3.05, 3.63) is 27.1 Å². The molecule has 0 radical (unpaired) electrons. The number of ketones is 1. The molecular weight excluding hydrogens is 364 g/mol. The Bertz CT molecular complexity index is 660. The van der Waals surface area contributed by atoms with Crippen LogP contribution in [-0.4, -0.2) is 12.9 Å². The summed E-state index contributed by atoms with van der Waals surface area (Å²) in [6.45, 7) is 8.49. The highest BCUT2D eigenvalue weighted by Crippen LogP contribution is 2.32. The molecule has 0 aliphatic carbocycles. The average Bonchev–Trinajstić information content (AvgIpc) is 2.72. The minimum atomic E-state index is -0.333. The first-order valence-electron chi connectivity index (χ1n) is 11.8. The number of Topliss-reactive ketones (excluding diaryl/α,β-unsaturated/α-hetero) is 1. The summed E-state index contributed by atoms with van der Waals surface area (Å²) in [5.74, 6) is 0.758. The molecule has 4 heteroatoms. The number of hydrogen-bond donors (Lipinski definition) is 0. The number of ether oxygens (including phenoxy) is 1. The fraction of sp³-hybridized carbons (Fsp3) is 0.760. The Balaban J connectivity index is 3.44. The Morgan fingerprint density at radius 1 is 0.862 bits per heavy atom. The molecule has 1 unspecified atom stereocenters. The molecule has 1 aromatic heterocycles. The lowest BCUT2D eigenvalue weighted by molar-refractivity contribution is -0.121. The highest BCUT2D eigenvalue weighted by atomic mass is 16.6. The van der Waals surface area contributed by atoms with Crippen LogP contribution in [0.1, 0.15) is 121 Å². The maximum Gasteiger partial charge on any atom is 0.291 e. The van der Waals surface area contributed by atoms with E-state index in [0.29, 0.717) is 42.1 Å². The first-order valence-corrected chi connectivity index (χ1v) is 11.8. The fourth-order valence-corrected chi connectivity index (χ4v) is 3.79. The lowest BCUT2D eigenvalue weighted by Crippen LogP contribution is -2.23. The molecule has 0 N–H and O–H groups in total. The van der Waals surface area contributed by atoms with E-state index in [2.05, 4.69) is 27.7 Å². The Morgan fingerprint density at radius 3 is 2.00 bits per heavy atom. The van der Waals surface area contributed by atoms with Crippen molar-refractivity contribution in [2.75, 3.05) is 7.11 Å². The first kappa shape index (κ1) is 25.5. The van der Waals surface area contributed by atoms with Crippen LogP contribution in [0, 0.1) is 0 Å². The van der Waals surface area contributed by atoms with Crippen molar-refractivity contribution < 1.29 is 13.9 Å². The maximum absolute atomic E-state index is 13.4. The van der Waals surface area contributed by atoms with Crippen LogP contribution in [0.2, 0.25) is 0 Å². The minimum absolute atomic E-state index is 0.0351. The van der Waals surface area contributed by atoms with Gasteiger partial charge in [0.15, 0.2) is 5.43 Å². The zero-order valence-corrected chi connectivity index (χ0v) is 19.4. The number of unbranched alkanes of at least 4 members (excludes halogenated alkanes) is 5. The number of methoxy groups -OCH3 is 1. The molecule has 0 saturated carbocycles. The third kappa shape index (κ3) is 7.64. The molecule has 29 heavy (non-hydrogen) atoms. The molecule has 1 rings (SSSR count). The molecule has 0 aromatic carbocycles. The van der Waals surface area contributed by atoms with Gasteiger partial charge in [0.1, 0.15) is 11.5 Å². The van der Waals surface area contributed by atoms with Gasteiger partial charge in [-0.25, -0.2) is 0 Å². The van der Waals surface area contributed by atoms with Gasteiger partial charge in [-0.15, -0.1) is 0 Å². The van der Waals surface area contributed by atoms with Crippen LogP contribution in [0.25, 0.3) is 0 Å². The summed E-state index contributed by atoms with van der Waals surface area (Å²) in [5, 5.41) is 0. The zero-order valence-electron chi connectivity index (χ0n) is 19.4. The van der Waals surface area contributed by atoms with E-state index in [1.807, 2.05) is 0 Å². The maximum atomic E-state index is 13.4. The SMILES string of the molecule is CCCCCC(=O)C(CCCC)c1oc(OC)c(CCCC)c(=O)c1CCCC. The van der Waals surface area contributed by atoms with Gasteiger partial charge in [-0.1, -0.05) is 66.2 Å². The van der Waals surface area contributed by atoms with Crippen molar-refractivity contribution in [1.82, 2.24) is 0 Å². The van der Waals surface area contributed by atoms with Gasteiger partial charge in [0.05, 0.1) is 18.6 Å². The molecule has 0 fully saturated rings. The second-order valence-corrected chi connectivity index (χ2v) is 8.07. The van der Waals surface area contributed by atoms with Crippen LogP contribution in [0.4, 0.5) is 0 Å². The molecule has 0 aliphatic rings. The van der Waals surface area contributed by atoms with E-state index in [1.54, 1.807) is 7.11 Å². The molecule has 0 bridgehead atoms. The molecule has 1 atom stereocenters. The molecule has 0 aliphatic heterocycles. The van der Waals surface area contributed by atoms with Crippen LogP contribution in [0.5, 0.6) is 5.95 Å². The predicted octanol–water partition coefficient (Wildman–Crippen LogP) is 6.76. The fourth-order valence-electron chi connectivity index (χ4n) is 3.79. The topological polar surface area (TPSA) is 56.5 Å². The minimum Gasteiger partial charge on any atom is -0.468 e. The van der Waals surface area contributed by atoms with Gasteiger partial charge in [-0.2, -0.15) is 0 Å². The second kappa shape index (κ2) is 14.4. The van der Waals surface area contributed by atoms with Crippen molar-refractivity contribution in [3.63, 3.8) is 0 Å². The zero-order chi connectivity index (χ0) is 21.6. The normalized spacial score (nSPS) is 12.2. The van der Waals surface area contributed by atoms with Crippen molar-refractivity contribution in [3.8, 4) is 5.95 Å². The number of carbonyl (C=O) groups is 1. The Kier molecular flexibility index (Phi) is 12.6. The summed E-state index contributed by atoms with van der Waals surface area (Å²) < 4.78 is 11.7. The van der Waals surface area contributed by atoms with Crippen molar-refractivity contribution in [2.24, 2.45) is 0 Å². The van der Waals surface area contributed by atoms with Crippen LogP contribution < -0.4 is 10.2 Å². The van der Waals surface area contributed by atoms with Crippen LogP contribution in [0.15, 0.2) is 9.21 Å². The van der Waals surface area contributed by atoms with E-state index in [1.165, 1.54) is 0 Å². The highest BCUT2D eigenvalue weighted by molar-refractivity contribution is 5.85. The lowest BCUT2D eigenvalue weighted by atomic mass is 9.87. The summed E-state index contributed by atoms with van der Waals surface area (Å²) >= 11 is 0. The molecule has 0 saturated heterocycles. The van der Waals surface area contributed by atoms with Crippen LogP contribution in [0.3, 0.4) is 0 Å². The van der Waals surface area contributed by atoms with Crippen LogP contribution >= 0.6 is 0 Å². The molecule has 166 valence electrons. The molecule has 4 nitrogen and oxygen atoms in total. The third-order valence-corrected chi connectivity index (χ3v) is 5.62. The van der Waals surface area contributed by atoms with Gasteiger partial charge in [0, 0.05) is 12.0 Å². The van der Waals surface area contributed by atoms with Gasteiger partial charge >= 0.3 is 0 Å². The summed E-state index contributed by atoms with van der Waals surface area (Å²) in [6, 6.07) is 0. The van der Waals surface area contributed by atoms with Gasteiger partial charge in [0.2, 0.25) is 0 Å². The van der Waals surface area contributed by atoms with Gasteiger partial charge < -0.3 is 9.15 Å². The van der Waals surface area contributed by atoms with E-state index in [4.69, 9.17) is 9.15 Å². The van der Waals surface area contributed by atoms with Gasteiger partial charge in [-0.3, -0.25) is 9.59 Å². The highest BCUT2D eigenvalue weighted by Gasteiger charge is 2.29. The third-order valence-electron chi connectivity index (χ3n) is 5.62. The quantitative estimate of drug-likeness (QED) is 0.285. The summed E-state index contributed by atoms with van der Waals surface area (Å²) in [6.07, 6.45) is 11.5. The first-order chi connectivity index (χ1) is 14.0. The molecule has 1 aromatic rings. The molecule has 1 heterocycles. The summed E-state index contributed by atoms with van der Waals surface area (Å²) in [5.41, 5.74) is 1.38. The number of rotatable bonds is 16. The van der Waals surface area contributed by atoms with E-state index in [9.17, 15) is 9.59 Å². The van der Waals surface area contributed by atoms with Gasteiger partial charge in [-0.05, 0) is 38.5 Å². The smallest absolute Gasteiger partial charge is 0.291 e. The van der Waals surface area contributed by atoms with E-state index in [0.717, 1.165) is 64.2 Å². The number of hydrogen-bond acceptors (Lipinski definition) is 4. The Labute approximate surface area is 177 Å². The van der Waals surface area contributed by atoms with Crippen molar-refractivity contribution >= 4 is 5.78 Å². The second-order valence-electron chi connectivity index (χ2n) is 8.07. The van der Waals surface area contributed by atoms with E-state index in [-0.39, 0.29) is 17.1 Å².